The Labute approximate surface area is 616 Å². The number of rotatable bonds is 34. The summed E-state index contributed by atoms with van der Waals surface area (Å²) in [6, 6.07) is 0. The van der Waals surface area contributed by atoms with Crippen molar-refractivity contribution in [3.05, 3.63) is 109 Å². The molecule has 0 aliphatic carbocycles. The molecule has 0 spiro atoms. The largest absolute Gasteiger partial charge is 0.462 e. The lowest BCUT2D eigenvalue weighted by atomic mass is 9.75. The second kappa shape index (κ2) is 48.0. The maximum absolute atomic E-state index is 14.1. The van der Waals surface area contributed by atoms with E-state index in [-0.39, 0.29) is 86.6 Å². The number of nitrogens with zero attached hydrogens (tertiary/aromatic N) is 4. The van der Waals surface area contributed by atoms with Crippen LogP contribution >= 0.6 is 0 Å². The lowest BCUT2D eigenvalue weighted by Crippen LogP contribution is -2.46. The van der Waals surface area contributed by atoms with Crippen LogP contribution in [0.2, 0.25) is 0 Å². The Bertz CT molecular complexity index is 3010. The van der Waals surface area contributed by atoms with Crippen molar-refractivity contribution in [3.63, 3.8) is 0 Å². The molecule has 1 aliphatic heterocycles. The quantitative estimate of drug-likeness (QED) is 0.0374. The van der Waals surface area contributed by atoms with Crippen molar-refractivity contribution in [2.45, 2.75) is 244 Å². The van der Waals surface area contributed by atoms with Crippen molar-refractivity contribution in [1.29, 1.82) is 0 Å². The zero-order valence-electron chi connectivity index (χ0n) is 64.9. The fourth-order valence-electron chi connectivity index (χ4n) is 12.4. The van der Waals surface area contributed by atoms with E-state index in [0.29, 0.717) is 62.7 Å². The Morgan fingerprint density at radius 1 is 0.615 bits per heavy atom. The van der Waals surface area contributed by atoms with Crippen molar-refractivity contribution in [2.24, 2.45) is 34.5 Å². The maximum atomic E-state index is 14.1. The van der Waals surface area contributed by atoms with E-state index < -0.39 is 133 Å². The van der Waals surface area contributed by atoms with E-state index in [2.05, 4.69) is 0 Å². The first-order chi connectivity index (χ1) is 49.4. The predicted octanol–water partition coefficient (Wildman–Crippen LogP) is 9.82. The molecule has 2 aromatic heterocycles. The van der Waals surface area contributed by atoms with Gasteiger partial charge >= 0.3 is 11.9 Å². The number of oxazole rings is 2. The van der Waals surface area contributed by atoms with Gasteiger partial charge in [0.15, 0.2) is 11.8 Å². The molecule has 0 fully saturated rings. The van der Waals surface area contributed by atoms with E-state index in [0.717, 1.165) is 0 Å². The molecule has 588 valence electrons. The van der Waals surface area contributed by atoms with Crippen LogP contribution in [0.3, 0.4) is 0 Å². The highest BCUT2D eigenvalue weighted by molar-refractivity contribution is 5.81. The molecule has 26 nitrogen and oxygen atoms in total. The third-order valence-corrected chi connectivity index (χ3v) is 20.2. The molecule has 0 saturated heterocycles. The predicted molar refractivity (Wildman–Crippen MR) is 390 cm³/mol. The number of cyclic esters (lactones) is 2. The number of allylic oxidation sites excluding steroid dienone is 4. The van der Waals surface area contributed by atoms with Gasteiger partial charge in [-0.05, 0) is 50.4 Å². The maximum Gasteiger partial charge on any atom is 0.308 e. The van der Waals surface area contributed by atoms with E-state index in [1.165, 1.54) is 50.8 Å². The average Bonchev–Trinajstić information content (AvgIpc) is 1.29. The molecule has 0 aromatic carbocycles. The molecule has 1 aliphatic rings. The van der Waals surface area contributed by atoms with Crippen molar-refractivity contribution in [2.75, 3.05) is 71.0 Å². The minimum absolute atomic E-state index is 0.00460. The van der Waals surface area contributed by atoms with Crippen molar-refractivity contribution >= 4 is 36.3 Å². The highest BCUT2D eigenvalue weighted by Gasteiger charge is 2.44. The number of hydrogen-bond donors (Lipinski definition) is 4. The number of aliphatic hydroxyl groups is 4. The van der Waals surface area contributed by atoms with Gasteiger partial charge in [0.1, 0.15) is 59.9 Å². The van der Waals surface area contributed by atoms with Crippen LogP contribution in [0.5, 0.6) is 0 Å². The van der Waals surface area contributed by atoms with Gasteiger partial charge < -0.3 is 86.4 Å². The lowest BCUT2D eigenvalue weighted by molar-refractivity contribution is -0.168. The number of esters is 2. The van der Waals surface area contributed by atoms with Crippen LogP contribution in [0.1, 0.15) is 181 Å². The van der Waals surface area contributed by atoms with Gasteiger partial charge in [-0.15, -0.1) is 0 Å². The molecule has 4 bridgehead atoms. The van der Waals surface area contributed by atoms with Gasteiger partial charge in [0.05, 0.1) is 86.7 Å². The highest BCUT2D eigenvalue weighted by atomic mass is 16.6. The standard InChI is InChI=1S/C78H124N4O22/c1-51(33-35-61(87)53(3)63(95-13)31-25-37-81(9)49-83)67(99-17)43-69(89)77(5,6)72-46-74-80-60(48-102-74)66(98-16)30-24-20-22-27-57(93-11)39-55(85)41-75(91)103-71(44-68(100-18)52(2)34-36-62(88)54(4)64(96-14)32-26-38-82(10)50-84)78(7,8)70(90)45-73-79-59(47-101-73)65(97-15)29-23-19-21-28-58(94-12)40-56(86)42-76(92)104-72/h19-28,37-38,47-58,63-72,85-86,89-90H,29-36,39-46H2,1-18H3/b23-19?,24-20?,27-22?,28-21?,37-25+,38-26+. The van der Waals surface area contributed by atoms with E-state index in [1.807, 2.05) is 39.8 Å². The number of fused-ring (bicyclic) bond motifs is 4. The summed E-state index contributed by atoms with van der Waals surface area (Å²) in [4.78, 5) is 89.6. The van der Waals surface area contributed by atoms with E-state index in [9.17, 15) is 49.2 Å². The van der Waals surface area contributed by atoms with Crippen molar-refractivity contribution < 1.29 is 105 Å². The third kappa shape index (κ3) is 31.2. The zero-order valence-corrected chi connectivity index (χ0v) is 64.9. The molecule has 2 aromatic rings. The number of aromatic nitrogens is 2. The summed E-state index contributed by atoms with van der Waals surface area (Å²) in [5.74, 6) is -2.44. The Balaban J connectivity index is 1.97. The summed E-state index contributed by atoms with van der Waals surface area (Å²) in [5.41, 5.74) is -1.48. The summed E-state index contributed by atoms with van der Waals surface area (Å²) in [7, 11) is 15.4. The topological polar surface area (TPSA) is 334 Å². The number of ether oxygens (including phenoxy) is 10. The number of Topliss-reactive ketones (excluding diaryl/α,β-unsaturated/α-hetero) is 2. The molecule has 4 N–H and O–H groups in total. The summed E-state index contributed by atoms with van der Waals surface area (Å²) in [5, 5.41) is 47.2. The summed E-state index contributed by atoms with van der Waals surface area (Å²) in [6.45, 7) is 14.6. The van der Waals surface area contributed by atoms with Gasteiger partial charge in [0.25, 0.3) is 0 Å². The molecule has 0 radical (unpaired) electrons. The Kier molecular flexibility index (Phi) is 42.4. The van der Waals surface area contributed by atoms with Crippen molar-refractivity contribution in [1.82, 2.24) is 19.8 Å². The van der Waals surface area contributed by atoms with E-state index in [4.69, 9.17) is 66.2 Å². The summed E-state index contributed by atoms with van der Waals surface area (Å²) < 4.78 is 70.9. The molecule has 0 saturated carbocycles. The Morgan fingerprint density at radius 2 is 1.04 bits per heavy atom. The second-order valence-corrected chi connectivity index (χ2v) is 28.5. The number of methoxy groups -OCH3 is 8. The monoisotopic (exact) mass is 1470 g/mol. The highest BCUT2D eigenvalue weighted by Crippen LogP contribution is 2.38. The Hall–Kier alpha value is -6.40. The summed E-state index contributed by atoms with van der Waals surface area (Å²) in [6.07, 6.45) is 16.1. The number of ketones is 2. The SMILES string of the molecule is COC1C=CC=CCC(OC)c2coc(n2)CC(O)C(C)(C)C(CC(OC)C(C)CCC(=O)C(C)C(C/C=C/N(C)C=O)OC)OC(=O)CC(O)CC(OC)C=CC=CCC(OC)c2coc(n2)CC(C(C)(C)C(O)CC(OC)C(C)CCC(=O)C(C)C(C/C=C/N(C)C=O)OC)OC(=O)CC(O)C1. The fourth-order valence-corrected chi connectivity index (χ4v) is 12.4. The molecule has 2 amide bonds. The van der Waals surface area contributed by atoms with Crippen molar-refractivity contribution in [3.8, 4) is 0 Å². The minimum atomic E-state index is -1.22. The average molecular weight is 1470 g/mol. The molecule has 26 heteroatoms. The van der Waals surface area contributed by atoms with Crippen LogP contribution in [0.25, 0.3) is 0 Å². The molecular formula is C78H124N4O22. The number of hydrogen-bond acceptors (Lipinski definition) is 24. The molecule has 3 rings (SSSR count). The zero-order chi connectivity index (χ0) is 77.7. The molecule has 104 heavy (non-hydrogen) atoms. The first-order valence-corrected chi connectivity index (χ1v) is 36.0. The van der Waals surface area contributed by atoms with Gasteiger partial charge in [-0.3, -0.25) is 28.8 Å². The minimum Gasteiger partial charge on any atom is -0.462 e. The van der Waals surface area contributed by atoms with E-state index in [1.54, 1.807) is 131 Å². The molecular weight excluding hydrogens is 1340 g/mol. The van der Waals surface area contributed by atoms with Gasteiger partial charge in [-0.1, -0.05) is 116 Å². The summed E-state index contributed by atoms with van der Waals surface area (Å²) >= 11 is 0. The van der Waals surface area contributed by atoms with Gasteiger partial charge in [0, 0.05) is 145 Å². The van der Waals surface area contributed by atoms with Gasteiger partial charge in [-0.25, -0.2) is 9.97 Å². The van der Waals surface area contributed by atoms with Gasteiger partial charge in [0.2, 0.25) is 12.8 Å². The van der Waals surface area contributed by atoms with Crippen LogP contribution in [0.15, 0.2) is 94.5 Å². The second-order valence-electron chi connectivity index (χ2n) is 28.5. The first-order valence-electron chi connectivity index (χ1n) is 36.0. The fraction of sp³-hybridized carbons (Fsp3) is 0.692. The normalized spacial score (nSPS) is 24.7. The van der Waals surface area contributed by atoms with E-state index >= 15 is 0 Å². The van der Waals surface area contributed by atoms with Crippen LogP contribution in [-0.4, -0.2) is 221 Å². The van der Waals surface area contributed by atoms with Crippen LogP contribution in [-0.2, 0) is 89.0 Å². The van der Waals surface area contributed by atoms with Crippen LogP contribution < -0.4 is 0 Å². The number of carbonyl (C=O) groups excluding carboxylic acids is 6. The van der Waals surface area contributed by atoms with Gasteiger partial charge in [-0.2, -0.15) is 0 Å². The molecule has 18 unspecified atom stereocenters. The first kappa shape index (κ1) is 91.8. The number of aliphatic hydroxyl groups excluding tert-OH is 4. The lowest BCUT2D eigenvalue weighted by Gasteiger charge is -2.40. The smallest absolute Gasteiger partial charge is 0.308 e. The number of carbonyl (C=O) groups is 6. The molecule has 3 heterocycles. The van der Waals surface area contributed by atoms with Crippen LogP contribution in [0.4, 0.5) is 0 Å². The van der Waals surface area contributed by atoms with Crippen LogP contribution in [0, 0.1) is 34.5 Å². The number of amides is 2. The Morgan fingerprint density at radius 3 is 1.45 bits per heavy atom. The molecule has 18 atom stereocenters. The third-order valence-electron chi connectivity index (χ3n) is 20.2.